The molecule has 2 heteroatoms. The number of benzene rings is 1. The predicted molar refractivity (Wildman–Crippen MR) is 64.1 cm³/mol. The normalized spacial score (nSPS) is 16.9. The molecule has 0 atom stereocenters. The molecule has 0 amide bonds. The Morgan fingerprint density at radius 2 is 1.94 bits per heavy atom. The van der Waals surface area contributed by atoms with Gasteiger partial charge >= 0.3 is 5.97 Å². The summed E-state index contributed by atoms with van der Waals surface area (Å²) in [7, 11) is 0. The molecule has 1 aliphatic carbocycles. The van der Waals surface area contributed by atoms with Crippen LogP contribution in [0.3, 0.4) is 0 Å². The van der Waals surface area contributed by atoms with Gasteiger partial charge in [-0.25, -0.2) is 4.79 Å². The van der Waals surface area contributed by atoms with Crippen molar-refractivity contribution < 1.29 is 9.90 Å². The van der Waals surface area contributed by atoms with Crippen LogP contribution < -0.4 is 0 Å². The maximum Gasteiger partial charge on any atom is 0.328 e. The third-order valence-corrected chi connectivity index (χ3v) is 3.21. The van der Waals surface area contributed by atoms with Crippen molar-refractivity contribution in [3.8, 4) is 0 Å². The van der Waals surface area contributed by atoms with Crippen molar-refractivity contribution >= 4 is 11.5 Å². The van der Waals surface area contributed by atoms with E-state index >= 15 is 0 Å². The Balaban J connectivity index is 2.31. The number of hydrogen-bond donors (Lipinski definition) is 1. The minimum Gasteiger partial charge on any atom is -0.478 e. The molecule has 1 aliphatic rings. The highest BCUT2D eigenvalue weighted by Crippen LogP contribution is 2.38. The van der Waals surface area contributed by atoms with Crippen molar-refractivity contribution in [1.82, 2.24) is 0 Å². The van der Waals surface area contributed by atoms with Gasteiger partial charge in [-0.1, -0.05) is 36.2 Å². The lowest BCUT2D eigenvalue weighted by atomic mass is 9.77. The summed E-state index contributed by atoms with van der Waals surface area (Å²) >= 11 is 0. The molecule has 0 radical (unpaired) electrons. The van der Waals surface area contributed by atoms with Gasteiger partial charge in [0, 0.05) is 6.08 Å². The summed E-state index contributed by atoms with van der Waals surface area (Å²) in [6, 6.07) is 8.10. The zero-order valence-electron chi connectivity index (χ0n) is 9.44. The number of allylic oxidation sites excluding steroid dienone is 1. The molecule has 0 unspecified atom stereocenters. The SMILES string of the molecule is Cc1ccc(/C(=C/C(=O)O)C2CCC2)cc1. The van der Waals surface area contributed by atoms with Gasteiger partial charge in [-0.05, 0) is 36.8 Å². The molecule has 0 spiro atoms. The maximum atomic E-state index is 10.8. The topological polar surface area (TPSA) is 37.3 Å². The van der Waals surface area contributed by atoms with Crippen molar-refractivity contribution in [2.24, 2.45) is 5.92 Å². The molecule has 0 aromatic heterocycles. The average Bonchev–Trinajstić information content (AvgIpc) is 2.14. The van der Waals surface area contributed by atoms with Crippen LogP contribution in [0.15, 0.2) is 30.3 Å². The number of hydrogen-bond acceptors (Lipinski definition) is 1. The van der Waals surface area contributed by atoms with Crippen molar-refractivity contribution in [3.05, 3.63) is 41.5 Å². The van der Waals surface area contributed by atoms with E-state index in [1.165, 1.54) is 18.1 Å². The second-order valence-corrected chi connectivity index (χ2v) is 4.43. The lowest BCUT2D eigenvalue weighted by molar-refractivity contribution is -0.131. The zero-order chi connectivity index (χ0) is 11.5. The van der Waals surface area contributed by atoms with Crippen LogP contribution in [-0.2, 0) is 4.79 Å². The van der Waals surface area contributed by atoms with E-state index < -0.39 is 5.97 Å². The molecular formula is C14H16O2. The molecule has 2 nitrogen and oxygen atoms in total. The molecule has 1 aromatic carbocycles. The van der Waals surface area contributed by atoms with Crippen molar-refractivity contribution in [3.63, 3.8) is 0 Å². The van der Waals surface area contributed by atoms with E-state index in [-0.39, 0.29) is 0 Å². The van der Waals surface area contributed by atoms with E-state index in [1.807, 2.05) is 31.2 Å². The van der Waals surface area contributed by atoms with Crippen LogP contribution in [0.5, 0.6) is 0 Å². The Bertz CT molecular complexity index is 411. The van der Waals surface area contributed by atoms with Gasteiger partial charge in [0.15, 0.2) is 0 Å². The first-order valence-corrected chi connectivity index (χ1v) is 5.68. The molecule has 1 fully saturated rings. The minimum absolute atomic E-state index is 0.443. The summed E-state index contributed by atoms with van der Waals surface area (Å²) in [5, 5.41) is 8.89. The fourth-order valence-electron chi connectivity index (χ4n) is 2.04. The quantitative estimate of drug-likeness (QED) is 0.787. The molecule has 84 valence electrons. The number of carboxylic acids is 1. The third kappa shape index (κ3) is 2.32. The Kier molecular flexibility index (Phi) is 3.09. The molecule has 0 aliphatic heterocycles. The summed E-state index contributed by atoms with van der Waals surface area (Å²) < 4.78 is 0. The highest BCUT2D eigenvalue weighted by atomic mass is 16.4. The number of carboxylic acid groups (broad SMARTS) is 1. The van der Waals surface area contributed by atoms with Crippen LogP contribution in [0, 0.1) is 12.8 Å². The minimum atomic E-state index is -0.845. The number of carbonyl (C=O) groups is 1. The fourth-order valence-corrected chi connectivity index (χ4v) is 2.04. The van der Waals surface area contributed by atoms with Crippen molar-refractivity contribution in [1.29, 1.82) is 0 Å². The molecule has 1 N–H and O–H groups in total. The molecule has 0 bridgehead atoms. The van der Waals surface area contributed by atoms with Crippen LogP contribution >= 0.6 is 0 Å². The van der Waals surface area contributed by atoms with E-state index in [2.05, 4.69) is 0 Å². The Morgan fingerprint density at radius 1 is 1.31 bits per heavy atom. The van der Waals surface area contributed by atoms with Gasteiger partial charge in [0.2, 0.25) is 0 Å². The monoisotopic (exact) mass is 216 g/mol. The Labute approximate surface area is 95.6 Å². The van der Waals surface area contributed by atoms with Gasteiger partial charge in [-0.2, -0.15) is 0 Å². The van der Waals surface area contributed by atoms with E-state index in [1.54, 1.807) is 0 Å². The zero-order valence-corrected chi connectivity index (χ0v) is 9.44. The third-order valence-electron chi connectivity index (χ3n) is 3.21. The van der Waals surface area contributed by atoms with E-state index in [0.29, 0.717) is 5.92 Å². The fraction of sp³-hybridized carbons (Fsp3) is 0.357. The molecular weight excluding hydrogens is 200 g/mol. The van der Waals surface area contributed by atoms with Crippen LogP contribution in [0.4, 0.5) is 0 Å². The molecule has 2 rings (SSSR count). The maximum absolute atomic E-state index is 10.8. The van der Waals surface area contributed by atoms with Crippen LogP contribution in [-0.4, -0.2) is 11.1 Å². The highest BCUT2D eigenvalue weighted by Gasteiger charge is 2.23. The first-order valence-electron chi connectivity index (χ1n) is 5.68. The van der Waals surface area contributed by atoms with E-state index in [0.717, 1.165) is 24.0 Å². The summed E-state index contributed by atoms with van der Waals surface area (Å²) in [4.78, 5) is 10.8. The largest absolute Gasteiger partial charge is 0.478 e. The smallest absolute Gasteiger partial charge is 0.328 e. The van der Waals surface area contributed by atoms with Gasteiger partial charge in [0.25, 0.3) is 0 Å². The summed E-state index contributed by atoms with van der Waals surface area (Å²) in [6.45, 7) is 2.04. The first-order chi connectivity index (χ1) is 7.66. The van der Waals surface area contributed by atoms with Crippen molar-refractivity contribution in [2.75, 3.05) is 0 Å². The summed E-state index contributed by atoms with van der Waals surface area (Å²) in [6.07, 6.45) is 4.82. The van der Waals surface area contributed by atoms with Gasteiger partial charge in [-0.3, -0.25) is 0 Å². The molecule has 16 heavy (non-hydrogen) atoms. The molecule has 0 saturated heterocycles. The lowest BCUT2D eigenvalue weighted by Gasteiger charge is -2.28. The van der Waals surface area contributed by atoms with E-state index in [9.17, 15) is 4.79 Å². The molecule has 1 aromatic rings. The first kappa shape index (κ1) is 10.9. The van der Waals surface area contributed by atoms with E-state index in [4.69, 9.17) is 5.11 Å². The standard InChI is InChI=1S/C14H16O2/c1-10-5-7-12(8-6-10)13(9-14(15)16)11-3-2-4-11/h5-9,11H,2-4H2,1H3,(H,15,16)/b13-9+. The Hall–Kier alpha value is -1.57. The lowest BCUT2D eigenvalue weighted by Crippen LogP contribution is -2.14. The number of aliphatic carboxylic acids is 1. The van der Waals surface area contributed by atoms with Gasteiger partial charge in [0.1, 0.15) is 0 Å². The van der Waals surface area contributed by atoms with Crippen LogP contribution in [0.1, 0.15) is 30.4 Å². The van der Waals surface area contributed by atoms with Gasteiger partial charge < -0.3 is 5.11 Å². The van der Waals surface area contributed by atoms with Crippen LogP contribution in [0.2, 0.25) is 0 Å². The molecule has 0 heterocycles. The van der Waals surface area contributed by atoms with Gasteiger partial charge in [0.05, 0.1) is 0 Å². The molecule has 1 saturated carbocycles. The Morgan fingerprint density at radius 3 is 2.38 bits per heavy atom. The summed E-state index contributed by atoms with van der Waals surface area (Å²) in [5.41, 5.74) is 3.24. The van der Waals surface area contributed by atoms with Gasteiger partial charge in [-0.15, -0.1) is 0 Å². The van der Waals surface area contributed by atoms with Crippen molar-refractivity contribution in [2.45, 2.75) is 26.2 Å². The summed E-state index contributed by atoms with van der Waals surface area (Å²) in [5.74, 6) is -0.402. The predicted octanol–water partition coefficient (Wildman–Crippen LogP) is 3.26. The second kappa shape index (κ2) is 4.52. The average molecular weight is 216 g/mol. The highest BCUT2D eigenvalue weighted by molar-refractivity contribution is 5.90. The number of rotatable bonds is 3. The number of aryl methyl sites for hydroxylation is 1. The van der Waals surface area contributed by atoms with Crippen LogP contribution in [0.25, 0.3) is 5.57 Å². The second-order valence-electron chi connectivity index (χ2n) is 4.43.